The molecule has 1 atom stereocenters. The predicted molar refractivity (Wildman–Crippen MR) is 97.0 cm³/mol. The normalized spacial score (nSPS) is 11.7. The molecule has 0 aliphatic rings. The van der Waals surface area contributed by atoms with Gasteiger partial charge in [-0.05, 0) is 48.6 Å². The minimum Gasteiger partial charge on any atom is -0.495 e. The van der Waals surface area contributed by atoms with E-state index in [4.69, 9.17) is 9.47 Å². The van der Waals surface area contributed by atoms with E-state index in [1.807, 2.05) is 49.4 Å². The number of hydrogen-bond acceptors (Lipinski definition) is 3. The van der Waals surface area contributed by atoms with Crippen LogP contribution in [-0.2, 0) is 4.79 Å². The second-order valence-electron chi connectivity index (χ2n) is 5.89. The lowest BCUT2D eigenvalue weighted by Gasteiger charge is -2.16. The first-order valence-corrected chi connectivity index (χ1v) is 8.21. The van der Waals surface area contributed by atoms with E-state index >= 15 is 0 Å². The number of nitrogens with one attached hydrogen (secondary N) is 1. The zero-order valence-corrected chi connectivity index (χ0v) is 14.8. The molecular formula is C20H25NO3. The summed E-state index contributed by atoms with van der Waals surface area (Å²) in [6.07, 6.45) is 1.02. The van der Waals surface area contributed by atoms with Crippen LogP contribution in [0.3, 0.4) is 0 Å². The summed E-state index contributed by atoms with van der Waals surface area (Å²) in [5.41, 5.74) is 2.83. The molecule has 0 saturated carbocycles. The highest BCUT2D eigenvalue weighted by Gasteiger charge is 2.12. The molecule has 0 aromatic heterocycles. The van der Waals surface area contributed by atoms with E-state index in [1.165, 1.54) is 0 Å². The minimum atomic E-state index is -0.210. The van der Waals surface area contributed by atoms with Crippen molar-refractivity contribution in [3.63, 3.8) is 0 Å². The van der Waals surface area contributed by atoms with Gasteiger partial charge in [0.05, 0.1) is 12.8 Å². The molecular weight excluding hydrogens is 302 g/mol. The maximum atomic E-state index is 12.2. The highest BCUT2D eigenvalue weighted by molar-refractivity contribution is 5.93. The largest absolute Gasteiger partial charge is 0.495 e. The van der Waals surface area contributed by atoms with Gasteiger partial charge in [-0.1, -0.05) is 38.1 Å². The van der Waals surface area contributed by atoms with Crippen molar-refractivity contribution in [1.82, 2.24) is 0 Å². The summed E-state index contributed by atoms with van der Waals surface area (Å²) in [7, 11) is 1.58. The molecule has 1 amide bonds. The molecule has 4 heteroatoms. The SMILES string of the molecule is CCC(C)c1ccccc1OCC(=O)Nc1cc(C)ccc1OC. The molecule has 2 rings (SSSR count). The average Bonchev–Trinajstić information content (AvgIpc) is 2.59. The summed E-state index contributed by atoms with van der Waals surface area (Å²) < 4.78 is 11.0. The highest BCUT2D eigenvalue weighted by atomic mass is 16.5. The Kier molecular flexibility index (Phi) is 6.24. The zero-order chi connectivity index (χ0) is 17.5. The number of rotatable bonds is 7. The van der Waals surface area contributed by atoms with E-state index in [0.717, 1.165) is 23.3 Å². The van der Waals surface area contributed by atoms with Gasteiger partial charge in [0, 0.05) is 0 Å². The van der Waals surface area contributed by atoms with Gasteiger partial charge in [-0.15, -0.1) is 0 Å². The molecule has 0 aliphatic carbocycles. The van der Waals surface area contributed by atoms with Crippen LogP contribution in [0, 0.1) is 6.92 Å². The molecule has 0 heterocycles. The lowest BCUT2D eigenvalue weighted by Crippen LogP contribution is -2.21. The van der Waals surface area contributed by atoms with Gasteiger partial charge in [0.2, 0.25) is 0 Å². The molecule has 0 aliphatic heterocycles. The van der Waals surface area contributed by atoms with Crippen LogP contribution in [0.5, 0.6) is 11.5 Å². The highest BCUT2D eigenvalue weighted by Crippen LogP contribution is 2.29. The topological polar surface area (TPSA) is 47.6 Å². The Morgan fingerprint density at radius 1 is 1.17 bits per heavy atom. The van der Waals surface area contributed by atoms with Gasteiger partial charge in [-0.3, -0.25) is 4.79 Å². The van der Waals surface area contributed by atoms with Crippen LogP contribution in [0.15, 0.2) is 42.5 Å². The number of methoxy groups -OCH3 is 1. The monoisotopic (exact) mass is 327 g/mol. The maximum absolute atomic E-state index is 12.2. The Morgan fingerprint density at radius 2 is 1.92 bits per heavy atom. The number of para-hydroxylation sites is 1. The van der Waals surface area contributed by atoms with Crippen molar-refractivity contribution in [3.8, 4) is 11.5 Å². The van der Waals surface area contributed by atoms with Gasteiger partial charge in [-0.2, -0.15) is 0 Å². The summed E-state index contributed by atoms with van der Waals surface area (Å²) in [6.45, 7) is 6.22. The maximum Gasteiger partial charge on any atom is 0.262 e. The van der Waals surface area contributed by atoms with Crippen LogP contribution < -0.4 is 14.8 Å². The summed E-state index contributed by atoms with van der Waals surface area (Å²) in [6, 6.07) is 13.5. The smallest absolute Gasteiger partial charge is 0.262 e. The van der Waals surface area contributed by atoms with Crippen molar-refractivity contribution in [2.24, 2.45) is 0 Å². The molecule has 0 fully saturated rings. The summed E-state index contributed by atoms with van der Waals surface area (Å²) >= 11 is 0. The van der Waals surface area contributed by atoms with Crippen LogP contribution in [0.2, 0.25) is 0 Å². The number of benzene rings is 2. The summed E-state index contributed by atoms with van der Waals surface area (Å²) in [5.74, 6) is 1.58. The molecule has 128 valence electrons. The molecule has 1 unspecified atom stereocenters. The molecule has 24 heavy (non-hydrogen) atoms. The Labute approximate surface area is 143 Å². The van der Waals surface area contributed by atoms with Gasteiger partial charge < -0.3 is 14.8 Å². The first kappa shape index (κ1) is 17.9. The Morgan fingerprint density at radius 3 is 2.62 bits per heavy atom. The van der Waals surface area contributed by atoms with Gasteiger partial charge in [-0.25, -0.2) is 0 Å². The number of hydrogen-bond donors (Lipinski definition) is 1. The molecule has 0 saturated heterocycles. The fourth-order valence-electron chi connectivity index (χ4n) is 2.49. The van der Waals surface area contributed by atoms with Crippen molar-refractivity contribution in [1.29, 1.82) is 0 Å². The summed E-state index contributed by atoms with van der Waals surface area (Å²) in [4.78, 5) is 12.2. The Bertz CT molecular complexity index is 697. The van der Waals surface area contributed by atoms with Crippen LogP contribution in [0.25, 0.3) is 0 Å². The van der Waals surface area contributed by atoms with Crippen LogP contribution in [0.4, 0.5) is 5.69 Å². The molecule has 4 nitrogen and oxygen atoms in total. The first-order valence-electron chi connectivity index (χ1n) is 8.21. The van der Waals surface area contributed by atoms with E-state index in [0.29, 0.717) is 17.4 Å². The fourth-order valence-corrected chi connectivity index (χ4v) is 2.49. The number of ether oxygens (including phenoxy) is 2. The van der Waals surface area contributed by atoms with Crippen LogP contribution in [0.1, 0.15) is 37.3 Å². The van der Waals surface area contributed by atoms with Crippen LogP contribution >= 0.6 is 0 Å². The number of aryl methyl sites for hydroxylation is 1. The van der Waals surface area contributed by atoms with Crippen molar-refractivity contribution in [3.05, 3.63) is 53.6 Å². The number of carbonyl (C=O) groups excluding carboxylic acids is 1. The lowest BCUT2D eigenvalue weighted by atomic mass is 9.98. The Balaban J connectivity index is 2.03. The van der Waals surface area contributed by atoms with Crippen molar-refractivity contribution in [2.45, 2.75) is 33.1 Å². The van der Waals surface area contributed by atoms with Crippen molar-refractivity contribution < 1.29 is 14.3 Å². The second kappa shape index (κ2) is 8.39. The van der Waals surface area contributed by atoms with Crippen LogP contribution in [-0.4, -0.2) is 19.6 Å². The zero-order valence-electron chi connectivity index (χ0n) is 14.8. The second-order valence-corrected chi connectivity index (χ2v) is 5.89. The first-order chi connectivity index (χ1) is 11.5. The molecule has 1 N–H and O–H groups in total. The predicted octanol–water partition coefficient (Wildman–Crippen LogP) is 4.53. The van der Waals surface area contributed by atoms with E-state index < -0.39 is 0 Å². The quantitative estimate of drug-likeness (QED) is 0.812. The number of anilines is 1. The molecule has 0 spiro atoms. The summed E-state index contributed by atoms with van der Waals surface area (Å²) in [5, 5.41) is 2.85. The number of carbonyl (C=O) groups is 1. The standard InChI is InChI=1S/C20H25NO3/c1-5-15(3)16-8-6-7-9-18(16)24-13-20(22)21-17-12-14(2)10-11-19(17)23-4/h6-12,15H,5,13H2,1-4H3,(H,21,22). The van der Waals surface area contributed by atoms with Gasteiger partial charge >= 0.3 is 0 Å². The third-order valence-corrected chi connectivity index (χ3v) is 4.05. The molecule has 2 aromatic carbocycles. The lowest BCUT2D eigenvalue weighted by molar-refractivity contribution is -0.118. The van der Waals surface area contributed by atoms with Gasteiger partial charge in [0.25, 0.3) is 5.91 Å². The molecule has 0 bridgehead atoms. The minimum absolute atomic E-state index is 0.0372. The number of amides is 1. The Hall–Kier alpha value is -2.49. The van der Waals surface area contributed by atoms with Gasteiger partial charge in [0.1, 0.15) is 11.5 Å². The van der Waals surface area contributed by atoms with E-state index in [9.17, 15) is 4.79 Å². The van der Waals surface area contributed by atoms with E-state index in [2.05, 4.69) is 19.2 Å². The third-order valence-electron chi connectivity index (χ3n) is 4.05. The van der Waals surface area contributed by atoms with E-state index in [1.54, 1.807) is 7.11 Å². The van der Waals surface area contributed by atoms with Crippen molar-refractivity contribution in [2.75, 3.05) is 19.0 Å². The van der Waals surface area contributed by atoms with E-state index in [-0.39, 0.29) is 12.5 Å². The molecule has 0 radical (unpaired) electrons. The third kappa shape index (κ3) is 4.51. The van der Waals surface area contributed by atoms with Crippen molar-refractivity contribution >= 4 is 11.6 Å². The average molecular weight is 327 g/mol. The molecule has 2 aromatic rings. The van der Waals surface area contributed by atoms with Gasteiger partial charge in [0.15, 0.2) is 6.61 Å². The fraction of sp³-hybridized carbons (Fsp3) is 0.350.